The van der Waals surface area contributed by atoms with E-state index in [9.17, 15) is 0 Å². The number of hydrogen-bond donors (Lipinski definition) is 1. The van der Waals surface area contributed by atoms with Crippen molar-refractivity contribution in [2.45, 2.75) is 25.7 Å². The molecule has 3 N–H and O–H groups in total. The van der Waals surface area contributed by atoms with Gasteiger partial charge in [-0.25, -0.2) is 0 Å². The number of aryl methyl sites for hydroxylation is 2. The van der Waals surface area contributed by atoms with Crippen molar-refractivity contribution in [1.29, 1.82) is 5.26 Å². The van der Waals surface area contributed by atoms with Crippen LogP contribution >= 0.6 is 0 Å². The standard InChI is InChI=1S/C11H11N.H3N/c12-8-9-5-6-10-3-1-2-4-11(10)7-9;/h5-7H,1-4H2;1H3. The molecule has 1 aliphatic carbocycles. The van der Waals surface area contributed by atoms with Crippen LogP contribution in [0.25, 0.3) is 0 Å². The first-order chi connectivity index (χ1) is 5.90. The molecule has 0 saturated heterocycles. The van der Waals surface area contributed by atoms with Crippen molar-refractivity contribution in [2.75, 3.05) is 0 Å². The number of nitrogens with zero attached hydrogens (tertiary/aromatic N) is 1. The molecule has 0 heterocycles. The minimum atomic E-state index is 0. The molecule has 0 fully saturated rings. The molecule has 1 aliphatic rings. The summed E-state index contributed by atoms with van der Waals surface area (Å²) < 4.78 is 0. The van der Waals surface area contributed by atoms with Crippen LogP contribution in [0.5, 0.6) is 0 Å². The first-order valence-corrected chi connectivity index (χ1v) is 4.42. The lowest BCUT2D eigenvalue weighted by Crippen LogP contribution is -2.02. The summed E-state index contributed by atoms with van der Waals surface area (Å²) >= 11 is 0. The van der Waals surface area contributed by atoms with Gasteiger partial charge in [0, 0.05) is 0 Å². The van der Waals surface area contributed by atoms with Gasteiger partial charge in [0.1, 0.15) is 0 Å². The molecule has 0 radical (unpaired) electrons. The van der Waals surface area contributed by atoms with Crippen LogP contribution in [0.4, 0.5) is 0 Å². The van der Waals surface area contributed by atoms with Gasteiger partial charge in [0.05, 0.1) is 11.6 Å². The van der Waals surface area contributed by atoms with E-state index < -0.39 is 0 Å². The fourth-order valence-electron chi connectivity index (χ4n) is 1.80. The maximum Gasteiger partial charge on any atom is 0.0991 e. The lowest BCUT2D eigenvalue weighted by molar-refractivity contribution is 0.685. The molecule has 0 aromatic heterocycles. The van der Waals surface area contributed by atoms with E-state index >= 15 is 0 Å². The number of fused-ring (bicyclic) bond motifs is 1. The van der Waals surface area contributed by atoms with Crippen molar-refractivity contribution in [1.82, 2.24) is 6.15 Å². The second kappa shape index (κ2) is 4.06. The zero-order valence-electron chi connectivity index (χ0n) is 7.71. The van der Waals surface area contributed by atoms with Gasteiger partial charge in [0.15, 0.2) is 0 Å². The second-order valence-electron chi connectivity index (χ2n) is 3.30. The van der Waals surface area contributed by atoms with Gasteiger partial charge in [-0.2, -0.15) is 5.26 Å². The topological polar surface area (TPSA) is 58.8 Å². The molecule has 0 unspecified atom stereocenters. The summed E-state index contributed by atoms with van der Waals surface area (Å²) in [4.78, 5) is 0. The second-order valence-corrected chi connectivity index (χ2v) is 3.30. The van der Waals surface area contributed by atoms with E-state index in [1.165, 1.54) is 30.4 Å². The van der Waals surface area contributed by atoms with E-state index in [4.69, 9.17) is 5.26 Å². The molecule has 2 rings (SSSR count). The Morgan fingerprint density at radius 3 is 2.46 bits per heavy atom. The van der Waals surface area contributed by atoms with Crippen molar-refractivity contribution in [3.63, 3.8) is 0 Å². The molecular weight excluding hydrogens is 160 g/mol. The quantitative estimate of drug-likeness (QED) is 0.657. The molecule has 1 aromatic carbocycles. The lowest BCUT2D eigenvalue weighted by Gasteiger charge is -2.14. The highest BCUT2D eigenvalue weighted by atomic mass is 14.2. The van der Waals surface area contributed by atoms with Crippen molar-refractivity contribution in [2.24, 2.45) is 0 Å². The molecular formula is C11H14N2. The molecule has 1 aromatic rings. The Morgan fingerprint density at radius 2 is 1.77 bits per heavy atom. The lowest BCUT2D eigenvalue weighted by atomic mass is 9.91. The summed E-state index contributed by atoms with van der Waals surface area (Å²) in [6.07, 6.45) is 4.94. The fraction of sp³-hybridized carbons (Fsp3) is 0.364. The van der Waals surface area contributed by atoms with E-state index in [0.29, 0.717) is 0 Å². The molecule has 0 amide bonds. The molecule has 0 bridgehead atoms. The summed E-state index contributed by atoms with van der Waals surface area (Å²) in [7, 11) is 0. The highest BCUT2D eigenvalue weighted by Gasteiger charge is 2.08. The van der Waals surface area contributed by atoms with Gasteiger partial charge < -0.3 is 6.15 Å². The van der Waals surface area contributed by atoms with Crippen LogP contribution in [0, 0.1) is 11.3 Å². The first-order valence-electron chi connectivity index (χ1n) is 4.42. The van der Waals surface area contributed by atoms with Crippen molar-refractivity contribution in [3.05, 3.63) is 34.9 Å². The van der Waals surface area contributed by atoms with E-state index in [1.807, 2.05) is 12.1 Å². The summed E-state index contributed by atoms with van der Waals surface area (Å²) in [6.45, 7) is 0. The summed E-state index contributed by atoms with van der Waals surface area (Å²) in [5.74, 6) is 0. The van der Waals surface area contributed by atoms with Gasteiger partial charge in [-0.1, -0.05) is 6.07 Å². The van der Waals surface area contributed by atoms with Crippen LogP contribution in [-0.2, 0) is 12.8 Å². The van der Waals surface area contributed by atoms with E-state index in [-0.39, 0.29) is 6.15 Å². The summed E-state index contributed by atoms with van der Waals surface area (Å²) in [6, 6.07) is 8.24. The summed E-state index contributed by atoms with van der Waals surface area (Å²) in [5.41, 5.74) is 3.64. The minimum absolute atomic E-state index is 0. The first kappa shape index (κ1) is 9.76. The van der Waals surface area contributed by atoms with Crippen LogP contribution in [0.15, 0.2) is 18.2 Å². The molecule has 68 valence electrons. The predicted molar refractivity (Wildman–Crippen MR) is 52.8 cm³/mol. The third kappa shape index (κ3) is 1.88. The van der Waals surface area contributed by atoms with Crippen LogP contribution < -0.4 is 6.15 Å². The maximum atomic E-state index is 8.69. The van der Waals surface area contributed by atoms with Crippen LogP contribution in [-0.4, -0.2) is 0 Å². The maximum absolute atomic E-state index is 8.69. The number of benzene rings is 1. The van der Waals surface area contributed by atoms with Gasteiger partial charge in [0.2, 0.25) is 0 Å². The molecule has 2 nitrogen and oxygen atoms in total. The molecule has 0 saturated carbocycles. The van der Waals surface area contributed by atoms with Gasteiger partial charge in [-0.15, -0.1) is 0 Å². The van der Waals surface area contributed by atoms with E-state index in [2.05, 4.69) is 12.1 Å². The van der Waals surface area contributed by atoms with Crippen LogP contribution in [0.2, 0.25) is 0 Å². The van der Waals surface area contributed by atoms with Crippen LogP contribution in [0.3, 0.4) is 0 Å². The van der Waals surface area contributed by atoms with E-state index in [0.717, 1.165) is 12.0 Å². The number of hydrogen-bond acceptors (Lipinski definition) is 2. The predicted octanol–water partition coefficient (Wildman–Crippen LogP) is 2.60. The molecule has 13 heavy (non-hydrogen) atoms. The average molecular weight is 174 g/mol. The van der Waals surface area contributed by atoms with Crippen LogP contribution in [0.1, 0.15) is 29.5 Å². The summed E-state index contributed by atoms with van der Waals surface area (Å²) in [5, 5.41) is 8.69. The van der Waals surface area contributed by atoms with Crippen molar-refractivity contribution < 1.29 is 0 Å². The Morgan fingerprint density at radius 1 is 1.08 bits per heavy atom. The normalized spacial score (nSPS) is 13.8. The minimum Gasteiger partial charge on any atom is -0.344 e. The van der Waals surface area contributed by atoms with Gasteiger partial charge >= 0.3 is 0 Å². The molecule has 0 atom stereocenters. The Kier molecular flexibility index (Phi) is 3.05. The Balaban J connectivity index is 0.000000845. The number of rotatable bonds is 0. The zero-order chi connectivity index (χ0) is 8.39. The SMILES string of the molecule is N.N#Cc1ccc2c(c1)CCCC2. The molecule has 0 spiro atoms. The fourth-order valence-corrected chi connectivity index (χ4v) is 1.80. The largest absolute Gasteiger partial charge is 0.344 e. The zero-order valence-corrected chi connectivity index (χ0v) is 7.71. The van der Waals surface area contributed by atoms with Gasteiger partial charge in [0.25, 0.3) is 0 Å². The third-order valence-electron chi connectivity index (χ3n) is 2.48. The Bertz CT molecular complexity index is 336. The highest BCUT2D eigenvalue weighted by molar-refractivity contribution is 5.39. The van der Waals surface area contributed by atoms with E-state index in [1.54, 1.807) is 0 Å². The highest BCUT2D eigenvalue weighted by Crippen LogP contribution is 2.21. The Hall–Kier alpha value is -1.33. The Labute approximate surface area is 78.8 Å². The molecule has 2 heteroatoms. The van der Waals surface area contributed by atoms with Gasteiger partial charge in [-0.05, 0) is 48.9 Å². The molecule has 0 aliphatic heterocycles. The van der Waals surface area contributed by atoms with Crippen molar-refractivity contribution >= 4 is 0 Å². The van der Waals surface area contributed by atoms with Crippen molar-refractivity contribution in [3.8, 4) is 6.07 Å². The average Bonchev–Trinajstić information content (AvgIpc) is 2.17. The monoisotopic (exact) mass is 174 g/mol. The third-order valence-corrected chi connectivity index (χ3v) is 2.48. The number of nitriles is 1. The van der Waals surface area contributed by atoms with Gasteiger partial charge in [-0.3, -0.25) is 0 Å². The smallest absolute Gasteiger partial charge is 0.0991 e.